The van der Waals surface area contributed by atoms with Crippen LogP contribution in [-0.2, 0) is 11.3 Å². The van der Waals surface area contributed by atoms with E-state index in [4.69, 9.17) is 0 Å². The number of aromatic nitrogens is 1. The maximum absolute atomic E-state index is 12.3. The van der Waals surface area contributed by atoms with Gasteiger partial charge in [0.15, 0.2) is 5.43 Å². The molecular formula is C15H20N2O2. The highest BCUT2D eigenvalue weighted by Gasteiger charge is 2.32. The van der Waals surface area contributed by atoms with Gasteiger partial charge in [0, 0.05) is 37.6 Å². The molecule has 1 saturated carbocycles. The average molecular weight is 260 g/mol. The van der Waals surface area contributed by atoms with Gasteiger partial charge in [-0.25, -0.2) is 0 Å². The first-order valence-electron chi connectivity index (χ1n) is 7.14. The van der Waals surface area contributed by atoms with Crippen LogP contribution in [-0.4, -0.2) is 28.5 Å². The summed E-state index contributed by atoms with van der Waals surface area (Å²) in [7, 11) is 0. The molecule has 0 spiro atoms. The molecule has 2 aliphatic rings. The van der Waals surface area contributed by atoms with Gasteiger partial charge in [-0.1, -0.05) is 6.42 Å². The van der Waals surface area contributed by atoms with E-state index >= 15 is 0 Å². The van der Waals surface area contributed by atoms with Crippen molar-refractivity contribution in [3.63, 3.8) is 0 Å². The van der Waals surface area contributed by atoms with E-state index in [0.29, 0.717) is 18.4 Å². The largest absolute Gasteiger partial charge is 0.345 e. The zero-order valence-corrected chi connectivity index (χ0v) is 11.1. The van der Waals surface area contributed by atoms with Gasteiger partial charge in [-0.15, -0.1) is 0 Å². The van der Waals surface area contributed by atoms with Gasteiger partial charge in [0.25, 0.3) is 0 Å². The Morgan fingerprint density at radius 2 is 1.79 bits per heavy atom. The molecule has 1 aliphatic heterocycles. The van der Waals surface area contributed by atoms with Gasteiger partial charge >= 0.3 is 0 Å². The Morgan fingerprint density at radius 1 is 1.16 bits per heavy atom. The van der Waals surface area contributed by atoms with E-state index in [2.05, 4.69) is 0 Å². The van der Waals surface area contributed by atoms with Gasteiger partial charge in [-0.2, -0.15) is 0 Å². The van der Waals surface area contributed by atoms with Crippen LogP contribution in [0.25, 0.3) is 0 Å². The number of nitrogens with zero attached hydrogens (tertiary/aromatic N) is 2. The molecule has 102 valence electrons. The lowest BCUT2D eigenvalue weighted by Crippen LogP contribution is -2.46. The van der Waals surface area contributed by atoms with Gasteiger partial charge < -0.3 is 9.47 Å². The van der Waals surface area contributed by atoms with Crippen LogP contribution >= 0.6 is 0 Å². The number of fused-ring (bicyclic) bond motifs is 2. The van der Waals surface area contributed by atoms with Crippen LogP contribution < -0.4 is 5.43 Å². The van der Waals surface area contributed by atoms with Crippen molar-refractivity contribution >= 4 is 5.91 Å². The number of likely N-dealkylation sites (tertiary alicyclic amines) is 1. The SMILES string of the molecule is O=C(Cn1ccc(=O)cc1)N1C[C@H]2CCC[C@@H](C2)C1. The quantitative estimate of drug-likeness (QED) is 0.808. The fraction of sp³-hybridized carbons (Fsp3) is 0.600. The Kier molecular flexibility index (Phi) is 3.40. The highest BCUT2D eigenvalue weighted by molar-refractivity contribution is 5.76. The number of hydrogen-bond donors (Lipinski definition) is 0. The van der Waals surface area contributed by atoms with Gasteiger partial charge in [-0.3, -0.25) is 9.59 Å². The zero-order chi connectivity index (χ0) is 13.2. The fourth-order valence-electron chi connectivity index (χ4n) is 3.44. The number of hydrogen-bond acceptors (Lipinski definition) is 2. The first-order valence-corrected chi connectivity index (χ1v) is 7.14. The van der Waals surface area contributed by atoms with E-state index in [9.17, 15) is 9.59 Å². The van der Waals surface area contributed by atoms with Gasteiger partial charge in [0.05, 0.1) is 0 Å². The molecule has 1 aromatic rings. The van der Waals surface area contributed by atoms with Crippen LogP contribution in [0, 0.1) is 11.8 Å². The molecule has 1 amide bonds. The van der Waals surface area contributed by atoms with E-state index in [1.54, 1.807) is 17.0 Å². The molecule has 0 radical (unpaired) electrons. The average Bonchev–Trinajstić information content (AvgIpc) is 2.41. The van der Waals surface area contributed by atoms with Crippen LogP contribution in [0.15, 0.2) is 29.3 Å². The number of carbonyl (C=O) groups is 1. The van der Waals surface area contributed by atoms with Crippen molar-refractivity contribution in [2.75, 3.05) is 13.1 Å². The Morgan fingerprint density at radius 3 is 2.42 bits per heavy atom. The monoisotopic (exact) mass is 260 g/mol. The zero-order valence-electron chi connectivity index (χ0n) is 11.1. The number of piperidine rings is 1. The van der Waals surface area contributed by atoms with Crippen molar-refractivity contribution in [3.05, 3.63) is 34.7 Å². The summed E-state index contributed by atoms with van der Waals surface area (Å²) < 4.78 is 1.79. The maximum Gasteiger partial charge on any atom is 0.242 e. The second-order valence-corrected chi connectivity index (χ2v) is 5.90. The lowest BCUT2D eigenvalue weighted by atomic mass is 9.78. The van der Waals surface area contributed by atoms with Crippen LogP contribution in [0.3, 0.4) is 0 Å². The minimum Gasteiger partial charge on any atom is -0.345 e. The van der Waals surface area contributed by atoms with E-state index in [0.717, 1.165) is 13.1 Å². The summed E-state index contributed by atoms with van der Waals surface area (Å²) in [6, 6.07) is 3.00. The van der Waals surface area contributed by atoms with Gasteiger partial charge in [0.1, 0.15) is 6.54 Å². The summed E-state index contributed by atoms with van der Waals surface area (Å²) in [6.07, 6.45) is 8.56. The summed E-state index contributed by atoms with van der Waals surface area (Å²) in [5, 5.41) is 0. The minimum atomic E-state index is -0.0174. The van der Waals surface area contributed by atoms with Crippen LogP contribution in [0.4, 0.5) is 0 Å². The molecule has 0 aromatic carbocycles. The van der Waals surface area contributed by atoms with Crippen LogP contribution in [0.1, 0.15) is 25.7 Å². The number of rotatable bonds is 2. The summed E-state index contributed by atoms with van der Waals surface area (Å²) in [4.78, 5) is 25.4. The Bertz CT molecular complexity index is 491. The van der Waals surface area contributed by atoms with E-state index in [-0.39, 0.29) is 11.3 Å². The number of pyridine rings is 1. The number of amides is 1. The van der Waals surface area contributed by atoms with Crippen molar-refractivity contribution in [2.24, 2.45) is 11.8 Å². The highest BCUT2D eigenvalue weighted by atomic mass is 16.2. The summed E-state index contributed by atoms with van der Waals surface area (Å²) in [5.41, 5.74) is -0.0174. The number of carbonyl (C=O) groups excluding carboxylic acids is 1. The predicted molar refractivity (Wildman–Crippen MR) is 72.7 cm³/mol. The first-order chi connectivity index (χ1) is 9.20. The molecular weight excluding hydrogens is 240 g/mol. The topological polar surface area (TPSA) is 42.3 Å². The summed E-state index contributed by atoms with van der Waals surface area (Å²) in [5.74, 6) is 1.61. The molecule has 0 unspecified atom stereocenters. The van der Waals surface area contributed by atoms with Crippen molar-refractivity contribution in [3.8, 4) is 0 Å². The molecule has 3 rings (SSSR count). The molecule has 2 fully saturated rings. The lowest BCUT2D eigenvalue weighted by molar-refractivity contribution is -0.135. The lowest BCUT2D eigenvalue weighted by Gasteiger charge is -2.41. The third kappa shape index (κ3) is 2.88. The highest BCUT2D eigenvalue weighted by Crippen LogP contribution is 2.34. The van der Waals surface area contributed by atoms with Gasteiger partial charge in [0.2, 0.25) is 5.91 Å². The normalized spacial score (nSPS) is 26.2. The van der Waals surface area contributed by atoms with E-state index in [1.165, 1.54) is 37.8 Å². The Labute approximate surface area is 113 Å². The second kappa shape index (κ2) is 5.19. The summed E-state index contributed by atoms with van der Waals surface area (Å²) in [6.45, 7) is 2.20. The van der Waals surface area contributed by atoms with E-state index in [1.807, 2.05) is 4.90 Å². The standard InChI is InChI=1S/C15H20N2O2/c18-14-4-6-16(7-5-14)11-15(19)17-9-12-2-1-3-13(8-12)10-17/h4-7,12-13H,1-3,8-11H2/t12-,13-/m0/s1. The molecule has 2 atom stereocenters. The smallest absolute Gasteiger partial charge is 0.242 e. The molecule has 2 heterocycles. The third-order valence-corrected chi connectivity index (χ3v) is 4.38. The fourth-order valence-corrected chi connectivity index (χ4v) is 3.44. The van der Waals surface area contributed by atoms with Crippen molar-refractivity contribution < 1.29 is 4.79 Å². The third-order valence-electron chi connectivity index (χ3n) is 4.38. The van der Waals surface area contributed by atoms with Crippen LogP contribution in [0.5, 0.6) is 0 Å². The molecule has 1 saturated heterocycles. The van der Waals surface area contributed by atoms with Crippen molar-refractivity contribution in [1.29, 1.82) is 0 Å². The molecule has 19 heavy (non-hydrogen) atoms. The predicted octanol–water partition coefficient (Wildman–Crippen LogP) is 1.50. The summed E-state index contributed by atoms with van der Waals surface area (Å²) >= 11 is 0. The molecule has 1 aromatic heterocycles. The molecule has 1 aliphatic carbocycles. The van der Waals surface area contributed by atoms with Crippen molar-refractivity contribution in [1.82, 2.24) is 9.47 Å². The molecule has 2 bridgehead atoms. The van der Waals surface area contributed by atoms with Gasteiger partial charge in [-0.05, 0) is 31.1 Å². The molecule has 0 N–H and O–H groups in total. The van der Waals surface area contributed by atoms with E-state index < -0.39 is 0 Å². The molecule has 4 heteroatoms. The Hall–Kier alpha value is -1.58. The van der Waals surface area contributed by atoms with Crippen molar-refractivity contribution in [2.45, 2.75) is 32.2 Å². The first kappa shape index (κ1) is 12.5. The second-order valence-electron chi connectivity index (χ2n) is 5.90. The van der Waals surface area contributed by atoms with Crippen LogP contribution in [0.2, 0.25) is 0 Å². The Balaban J connectivity index is 1.64. The molecule has 4 nitrogen and oxygen atoms in total. The maximum atomic E-state index is 12.3. The minimum absolute atomic E-state index is 0.0174.